The van der Waals surface area contributed by atoms with Crippen LogP contribution in [0, 0.1) is 23.0 Å². The zero-order valence-corrected chi connectivity index (χ0v) is 12.8. The van der Waals surface area contributed by atoms with E-state index in [4.69, 9.17) is 5.11 Å². The van der Waals surface area contributed by atoms with Gasteiger partial charge in [0.05, 0.1) is 9.40 Å². The lowest BCUT2D eigenvalue weighted by Gasteiger charge is -2.13. The number of nitrogens with one attached hydrogen (secondary N) is 1. The monoisotopic (exact) mass is 345 g/mol. The lowest BCUT2D eigenvalue weighted by atomic mass is 10.1. The predicted octanol–water partition coefficient (Wildman–Crippen LogP) is 2.97. The number of hydrogen-bond donors (Lipinski definition) is 2. The van der Waals surface area contributed by atoms with Gasteiger partial charge in [-0.15, -0.1) is 0 Å². The molecule has 1 aromatic rings. The maximum Gasteiger partial charge on any atom is 0.303 e. The number of aromatic nitrogens is 1. The predicted molar refractivity (Wildman–Crippen MR) is 77.9 cm³/mol. The maximum atomic E-state index is 10.8. The Morgan fingerprint density at radius 1 is 1.65 bits per heavy atom. The average Bonchev–Trinajstić information content (AvgIpc) is 2.37. The summed E-state index contributed by atoms with van der Waals surface area (Å²) >= 11 is 3.29. The van der Waals surface area contributed by atoms with Crippen molar-refractivity contribution >= 4 is 33.4 Å². The zero-order chi connectivity index (χ0) is 15.3. The van der Waals surface area contributed by atoms with Crippen LogP contribution in [0.25, 0.3) is 0 Å². The molecule has 1 rings (SSSR count). The average molecular weight is 346 g/mol. The molecule has 0 radical (unpaired) electrons. The Balaban J connectivity index is 2.67. The highest BCUT2D eigenvalue weighted by molar-refractivity contribution is 9.10. The summed E-state index contributed by atoms with van der Waals surface area (Å²) < 4.78 is 0.553. The summed E-state index contributed by atoms with van der Waals surface area (Å²) in [5.74, 6) is -0.132. The van der Waals surface area contributed by atoms with Crippen molar-refractivity contribution in [1.29, 1.82) is 0 Å². The summed E-state index contributed by atoms with van der Waals surface area (Å²) in [5, 5.41) is 22.4. The van der Waals surface area contributed by atoms with Crippen LogP contribution >= 0.6 is 15.9 Å². The minimum absolute atomic E-state index is 0.0404. The van der Waals surface area contributed by atoms with Crippen LogP contribution in [0.4, 0.5) is 11.5 Å². The summed E-state index contributed by atoms with van der Waals surface area (Å²) in [6.07, 6.45) is 1.90. The van der Waals surface area contributed by atoms with E-state index in [2.05, 4.69) is 26.2 Å². The van der Waals surface area contributed by atoms with Gasteiger partial charge < -0.3 is 10.4 Å². The number of halogens is 1. The van der Waals surface area contributed by atoms with Crippen molar-refractivity contribution < 1.29 is 14.8 Å². The standard InChI is InChI=1S/C12H16BrN3O4/c1-7(3-4-10(17)18)5-14-12-11(13)8(2)9(6-15-12)16(19)20/h6-7H,3-5H2,1-2H3,(H,14,15)(H,17,18). The molecular formula is C12H16BrN3O4. The summed E-state index contributed by atoms with van der Waals surface area (Å²) in [5.41, 5.74) is 0.465. The van der Waals surface area contributed by atoms with Crippen LogP contribution in [-0.4, -0.2) is 27.5 Å². The molecule has 0 bridgehead atoms. The highest BCUT2D eigenvalue weighted by Crippen LogP contribution is 2.30. The first-order valence-electron chi connectivity index (χ1n) is 6.08. The molecule has 1 atom stereocenters. The molecule has 0 saturated heterocycles. The number of hydrogen-bond acceptors (Lipinski definition) is 5. The van der Waals surface area contributed by atoms with Crippen LogP contribution < -0.4 is 5.32 Å². The van der Waals surface area contributed by atoms with E-state index >= 15 is 0 Å². The highest BCUT2D eigenvalue weighted by atomic mass is 79.9. The van der Waals surface area contributed by atoms with E-state index in [9.17, 15) is 14.9 Å². The summed E-state index contributed by atoms with van der Waals surface area (Å²) in [6.45, 7) is 4.13. The second-order valence-electron chi connectivity index (χ2n) is 4.61. The SMILES string of the molecule is Cc1c([N+](=O)[O-])cnc(NCC(C)CCC(=O)O)c1Br. The fourth-order valence-corrected chi connectivity index (χ4v) is 2.07. The number of nitrogens with zero attached hydrogens (tertiary/aromatic N) is 2. The number of aliphatic carboxylic acids is 1. The topological polar surface area (TPSA) is 105 Å². The second-order valence-corrected chi connectivity index (χ2v) is 5.40. The van der Waals surface area contributed by atoms with Crippen LogP contribution in [0.15, 0.2) is 10.7 Å². The zero-order valence-electron chi connectivity index (χ0n) is 11.2. The van der Waals surface area contributed by atoms with Gasteiger partial charge in [-0.2, -0.15) is 0 Å². The third kappa shape index (κ3) is 4.44. The molecule has 0 spiro atoms. The van der Waals surface area contributed by atoms with Gasteiger partial charge in [0.1, 0.15) is 12.0 Å². The van der Waals surface area contributed by atoms with Crippen molar-refractivity contribution in [3.8, 4) is 0 Å². The Morgan fingerprint density at radius 3 is 2.85 bits per heavy atom. The molecule has 0 aliphatic heterocycles. The fourth-order valence-electron chi connectivity index (χ4n) is 1.62. The van der Waals surface area contributed by atoms with Crippen LogP contribution in [0.1, 0.15) is 25.3 Å². The number of nitro groups is 1. The number of carbonyl (C=O) groups is 1. The molecular weight excluding hydrogens is 330 g/mol. The molecule has 0 saturated carbocycles. The second kappa shape index (κ2) is 7.18. The van der Waals surface area contributed by atoms with Crippen molar-refractivity contribution in [2.45, 2.75) is 26.7 Å². The lowest BCUT2D eigenvalue weighted by Crippen LogP contribution is -2.14. The summed E-state index contributed by atoms with van der Waals surface area (Å²) in [6, 6.07) is 0. The molecule has 0 aliphatic rings. The van der Waals surface area contributed by atoms with Gasteiger partial charge >= 0.3 is 5.97 Å². The summed E-state index contributed by atoms with van der Waals surface area (Å²) in [7, 11) is 0. The Morgan fingerprint density at radius 2 is 2.30 bits per heavy atom. The van der Waals surface area contributed by atoms with E-state index in [1.165, 1.54) is 6.20 Å². The summed E-state index contributed by atoms with van der Waals surface area (Å²) in [4.78, 5) is 24.8. The third-order valence-corrected chi connectivity index (χ3v) is 3.87. The number of pyridine rings is 1. The largest absolute Gasteiger partial charge is 0.481 e. The van der Waals surface area contributed by atoms with Crippen molar-refractivity contribution in [3.05, 3.63) is 26.3 Å². The van der Waals surface area contributed by atoms with Crippen LogP contribution in [0.5, 0.6) is 0 Å². The maximum absolute atomic E-state index is 10.8. The molecule has 110 valence electrons. The van der Waals surface area contributed by atoms with Gasteiger partial charge in [-0.3, -0.25) is 14.9 Å². The van der Waals surface area contributed by atoms with Gasteiger partial charge in [0.2, 0.25) is 0 Å². The molecule has 0 aromatic carbocycles. The van der Waals surface area contributed by atoms with E-state index < -0.39 is 10.9 Å². The Labute approximate surface area is 124 Å². The normalized spacial score (nSPS) is 11.9. The molecule has 0 aliphatic carbocycles. The first-order valence-corrected chi connectivity index (χ1v) is 6.87. The molecule has 8 heteroatoms. The third-order valence-electron chi connectivity index (χ3n) is 2.90. The molecule has 0 fully saturated rings. The number of carboxylic acids is 1. The minimum atomic E-state index is -0.817. The molecule has 1 heterocycles. The first-order chi connectivity index (χ1) is 9.32. The van der Waals surface area contributed by atoms with E-state index in [1.54, 1.807) is 6.92 Å². The van der Waals surface area contributed by atoms with Gasteiger partial charge in [-0.1, -0.05) is 6.92 Å². The van der Waals surface area contributed by atoms with Crippen molar-refractivity contribution in [2.75, 3.05) is 11.9 Å². The Hall–Kier alpha value is -1.70. The van der Waals surface area contributed by atoms with Crippen molar-refractivity contribution in [1.82, 2.24) is 4.98 Å². The van der Waals surface area contributed by atoms with E-state index in [1.807, 2.05) is 6.92 Å². The van der Waals surface area contributed by atoms with Gasteiger partial charge in [0.25, 0.3) is 5.69 Å². The molecule has 1 unspecified atom stereocenters. The quantitative estimate of drug-likeness (QED) is 0.581. The fraction of sp³-hybridized carbons (Fsp3) is 0.500. The minimum Gasteiger partial charge on any atom is -0.481 e. The highest BCUT2D eigenvalue weighted by Gasteiger charge is 2.17. The molecule has 2 N–H and O–H groups in total. The molecule has 7 nitrogen and oxygen atoms in total. The number of rotatable bonds is 7. The molecule has 1 aromatic heterocycles. The van der Waals surface area contributed by atoms with Crippen molar-refractivity contribution in [3.63, 3.8) is 0 Å². The number of anilines is 1. The van der Waals surface area contributed by atoms with Gasteiger partial charge in [-0.25, -0.2) is 4.98 Å². The smallest absolute Gasteiger partial charge is 0.303 e. The van der Waals surface area contributed by atoms with E-state index in [0.29, 0.717) is 28.8 Å². The molecule has 0 amide bonds. The Kier molecular flexibility index (Phi) is 5.87. The van der Waals surface area contributed by atoms with Gasteiger partial charge in [0.15, 0.2) is 0 Å². The van der Waals surface area contributed by atoms with Gasteiger partial charge in [0, 0.05) is 18.5 Å². The number of carboxylic acid groups (broad SMARTS) is 1. The van der Waals surface area contributed by atoms with Crippen molar-refractivity contribution in [2.24, 2.45) is 5.92 Å². The van der Waals surface area contributed by atoms with E-state index in [-0.39, 0.29) is 18.0 Å². The first kappa shape index (κ1) is 16.4. The van der Waals surface area contributed by atoms with Gasteiger partial charge in [-0.05, 0) is 35.2 Å². The Bertz CT molecular complexity index is 522. The van der Waals surface area contributed by atoms with E-state index in [0.717, 1.165) is 0 Å². The molecule has 20 heavy (non-hydrogen) atoms. The van der Waals surface area contributed by atoms with Crippen LogP contribution in [-0.2, 0) is 4.79 Å². The lowest BCUT2D eigenvalue weighted by molar-refractivity contribution is -0.385. The van der Waals surface area contributed by atoms with Crippen LogP contribution in [0.3, 0.4) is 0 Å². The van der Waals surface area contributed by atoms with Crippen LogP contribution in [0.2, 0.25) is 0 Å².